The van der Waals surface area contributed by atoms with Crippen LogP contribution in [0, 0.1) is 0 Å². The second-order valence-corrected chi connectivity index (χ2v) is 4.67. The number of piperidine rings is 1. The summed E-state index contributed by atoms with van der Waals surface area (Å²) in [7, 11) is 1.96. The molecule has 2 rings (SSSR count). The van der Waals surface area contributed by atoms with Crippen LogP contribution in [-0.4, -0.2) is 37.0 Å². The van der Waals surface area contributed by atoms with E-state index in [2.05, 4.69) is 5.32 Å². The van der Waals surface area contributed by atoms with Gasteiger partial charge in [-0.3, -0.25) is 4.79 Å². The topological polar surface area (TPSA) is 32.3 Å². The van der Waals surface area contributed by atoms with Gasteiger partial charge in [0.1, 0.15) is 0 Å². The number of likely N-dealkylation sites (N-methyl/N-ethyl adjacent to an activating group) is 1. The first-order valence-corrected chi connectivity index (χ1v) is 6.24. The summed E-state index contributed by atoms with van der Waals surface area (Å²) in [6, 6.07) is 2.36. The molecule has 2 heterocycles. The number of likely N-dealkylation sites (tertiary alicyclic amines) is 1. The van der Waals surface area contributed by atoms with E-state index in [9.17, 15) is 4.79 Å². The van der Waals surface area contributed by atoms with E-state index < -0.39 is 0 Å². The maximum atomic E-state index is 12.0. The molecule has 4 heteroatoms. The second-order valence-electron chi connectivity index (χ2n) is 3.89. The molecule has 0 bridgehead atoms. The smallest absolute Gasteiger partial charge is 0.254 e. The predicted molar refractivity (Wildman–Crippen MR) is 62.3 cm³/mol. The number of amides is 1. The van der Waals surface area contributed by atoms with Gasteiger partial charge in [0.15, 0.2) is 0 Å². The Morgan fingerprint density at radius 3 is 3.20 bits per heavy atom. The molecule has 3 nitrogen and oxygen atoms in total. The Bertz CT molecular complexity index is 323. The van der Waals surface area contributed by atoms with Crippen LogP contribution in [-0.2, 0) is 0 Å². The second kappa shape index (κ2) is 4.77. The maximum absolute atomic E-state index is 12.0. The third-order valence-electron chi connectivity index (χ3n) is 2.88. The van der Waals surface area contributed by atoms with Crippen molar-refractivity contribution in [2.24, 2.45) is 0 Å². The van der Waals surface area contributed by atoms with Crippen LogP contribution in [0.15, 0.2) is 16.8 Å². The number of nitrogens with zero attached hydrogens (tertiary/aromatic N) is 1. The van der Waals surface area contributed by atoms with Crippen LogP contribution in [0.5, 0.6) is 0 Å². The van der Waals surface area contributed by atoms with Crippen molar-refractivity contribution >= 4 is 17.2 Å². The summed E-state index contributed by atoms with van der Waals surface area (Å²) >= 11 is 1.58. The van der Waals surface area contributed by atoms with E-state index in [-0.39, 0.29) is 5.91 Å². The van der Waals surface area contributed by atoms with E-state index >= 15 is 0 Å². The average Bonchev–Trinajstić information content (AvgIpc) is 2.81. The highest BCUT2D eigenvalue weighted by Crippen LogP contribution is 2.15. The normalized spacial score (nSPS) is 21.7. The van der Waals surface area contributed by atoms with Gasteiger partial charge in [0.2, 0.25) is 0 Å². The monoisotopic (exact) mass is 224 g/mol. The van der Waals surface area contributed by atoms with Gasteiger partial charge in [-0.15, -0.1) is 0 Å². The number of rotatable bonds is 2. The van der Waals surface area contributed by atoms with Crippen molar-refractivity contribution in [3.8, 4) is 0 Å². The van der Waals surface area contributed by atoms with Crippen LogP contribution in [0.4, 0.5) is 0 Å². The number of hydrogen-bond acceptors (Lipinski definition) is 3. The lowest BCUT2D eigenvalue weighted by molar-refractivity contribution is 0.0699. The van der Waals surface area contributed by atoms with Crippen molar-refractivity contribution in [3.05, 3.63) is 22.4 Å². The molecular formula is C11H16N2OS. The number of hydrogen-bond donors (Lipinski definition) is 1. The molecule has 1 fully saturated rings. The predicted octanol–water partition coefficient (Wildman–Crippen LogP) is 1.57. The van der Waals surface area contributed by atoms with E-state index in [0.717, 1.165) is 25.1 Å². The molecule has 1 aliphatic heterocycles. The number of nitrogens with one attached hydrogen (secondary N) is 1. The molecular weight excluding hydrogens is 208 g/mol. The molecule has 0 unspecified atom stereocenters. The van der Waals surface area contributed by atoms with Crippen LogP contribution in [0.2, 0.25) is 0 Å². The van der Waals surface area contributed by atoms with Crippen molar-refractivity contribution in [2.45, 2.75) is 18.9 Å². The third-order valence-corrected chi connectivity index (χ3v) is 3.57. The van der Waals surface area contributed by atoms with Crippen molar-refractivity contribution in [3.63, 3.8) is 0 Å². The molecule has 0 aliphatic carbocycles. The van der Waals surface area contributed by atoms with Crippen molar-refractivity contribution in [2.75, 3.05) is 20.1 Å². The lowest BCUT2D eigenvalue weighted by Gasteiger charge is -2.32. The van der Waals surface area contributed by atoms with Crippen LogP contribution in [0.25, 0.3) is 0 Å². The van der Waals surface area contributed by atoms with Crippen LogP contribution >= 0.6 is 11.3 Å². The van der Waals surface area contributed by atoms with Gasteiger partial charge in [-0.2, -0.15) is 11.3 Å². The van der Waals surface area contributed by atoms with Gasteiger partial charge in [0.25, 0.3) is 5.91 Å². The van der Waals surface area contributed by atoms with E-state index in [0.29, 0.717) is 6.04 Å². The first kappa shape index (κ1) is 10.6. The molecule has 82 valence electrons. The van der Waals surface area contributed by atoms with Crippen LogP contribution < -0.4 is 5.32 Å². The lowest BCUT2D eigenvalue weighted by Crippen LogP contribution is -2.46. The highest BCUT2D eigenvalue weighted by Gasteiger charge is 2.23. The summed E-state index contributed by atoms with van der Waals surface area (Å²) in [6.45, 7) is 1.73. The molecule has 1 atom stereocenters. The van der Waals surface area contributed by atoms with Gasteiger partial charge < -0.3 is 10.2 Å². The van der Waals surface area contributed by atoms with E-state index in [4.69, 9.17) is 0 Å². The molecule has 1 N–H and O–H groups in total. The van der Waals surface area contributed by atoms with Crippen LogP contribution in [0.3, 0.4) is 0 Å². The first-order valence-electron chi connectivity index (χ1n) is 5.30. The Balaban J connectivity index is 2.01. The Morgan fingerprint density at radius 1 is 1.67 bits per heavy atom. The fourth-order valence-electron chi connectivity index (χ4n) is 1.97. The molecule has 0 spiro atoms. The molecule has 0 radical (unpaired) electrons. The zero-order chi connectivity index (χ0) is 10.7. The average molecular weight is 224 g/mol. The quantitative estimate of drug-likeness (QED) is 0.827. The summed E-state index contributed by atoms with van der Waals surface area (Å²) in [6.07, 6.45) is 2.27. The summed E-state index contributed by atoms with van der Waals surface area (Å²) in [5.41, 5.74) is 0.830. The maximum Gasteiger partial charge on any atom is 0.254 e. The van der Waals surface area contributed by atoms with Gasteiger partial charge in [0.05, 0.1) is 5.56 Å². The number of carbonyl (C=O) groups is 1. The third kappa shape index (κ3) is 2.38. The minimum atomic E-state index is 0.177. The van der Waals surface area contributed by atoms with Gasteiger partial charge in [0, 0.05) is 24.5 Å². The van der Waals surface area contributed by atoms with E-state index in [1.165, 1.54) is 6.42 Å². The SMILES string of the molecule is CN[C@@H]1CCCN(C(=O)c2ccsc2)C1. The molecule has 0 saturated carbocycles. The van der Waals surface area contributed by atoms with E-state index in [1.807, 2.05) is 28.8 Å². The standard InChI is InChI=1S/C11H16N2OS/c1-12-10-3-2-5-13(7-10)11(14)9-4-6-15-8-9/h4,6,8,10,12H,2-3,5,7H2,1H3/t10-/m1/s1. The molecule has 1 aromatic rings. The minimum Gasteiger partial charge on any atom is -0.337 e. The molecule has 1 aliphatic rings. The summed E-state index contributed by atoms with van der Waals surface area (Å²) in [4.78, 5) is 14.0. The molecule has 0 aromatic carbocycles. The summed E-state index contributed by atoms with van der Waals surface area (Å²) in [5, 5.41) is 7.12. The zero-order valence-corrected chi connectivity index (χ0v) is 9.72. The van der Waals surface area contributed by atoms with Gasteiger partial charge >= 0.3 is 0 Å². The molecule has 1 saturated heterocycles. The Hall–Kier alpha value is -0.870. The number of thiophene rings is 1. The minimum absolute atomic E-state index is 0.177. The fraction of sp³-hybridized carbons (Fsp3) is 0.545. The van der Waals surface area contributed by atoms with Crippen LogP contribution in [0.1, 0.15) is 23.2 Å². The molecule has 15 heavy (non-hydrogen) atoms. The van der Waals surface area contributed by atoms with Crippen molar-refractivity contribution < 1.29 is 4.79 Å². The largest absolute Gasteiger partial charge is 0.337 e. The summed E-state index contributed by atoms with van der Waals surface area (Å²) < 4.78 is 0. The molecule has 1 amide bonds. The van der Waals surface area contributed by atoms with E-state index in [1.54, 1.807) is 11.3 Å². The molecule has 1 aromatic heterocycles. The van der Waals surface area contributed by atoms with Crippen molar-refractivity contribution in [1.82, 2.24) is 10.2 Å². The highest BCUT2D eigenvalue weighted by molar-refractivity contribution is 7.08. The van der Waals surface area contributed by atoms with Gasteiger partial charge in [-0.05, 0) is 31.3 Å². The van der Waals surface area contributed by atoms with Crippen molar-refractivity contribution in [1.29, 1.82) is 0 Å². The summed E-state index contributed by atoms with van der Waals surface area (Å²) in [5.74, 6) is 0.177. The Labute approximate surface area is 94.1 Å². The van der Waals surface area contributed by atoms with Gasteiger partial charge in [-0.25, -0.2) is 0 Å². The zero-order valence-electron chi connectivity index (χ0n) is 8.90. The first-order chi connectivity index (χ1) is 7.31. The highest BCUT2D eigenvalue weighted by atomic mass is 32.1. The Kier molecular flexibility index (Phi) is 3.38. The lowest BCUT2D eigenvalue weighted by atomic mass is 10.1. The van der Waals surface area contributed by atoms with Gasteiger partial charge in [-0.1, -0.05) is 0 Å². The fourth-order valence-corrected chi connectivity index (χ4v) is 2.60. The Morgan fingerprint density at radius 2 is 2.53 bits per heavy atom. The number of carbonyl (C=O) groups excluding carboxylic acids is 1.